The van der Waals surface area contributed by atoms with Gasteiger partial charge in [0.25, 0.3) is 0 Å². The first-order valence-electron chi connectivity index (χ1n) is 6.17. The zero-order valence-corrected chi connectivity index (χ0v) is 10.8. The van der Waals surface area contributed by atoms with Crippen LogP contribution in [0.15, 0.2) is 36.5 Å². The van der Waals surface area contributed by atoms with Gasteiger partial charge >= 0.3 is 0 Å². The molecule has 0 saturated carbocycles. The maximum Gasteiger partial charge on any atom is 0.139 e. The van der Waals surface area contributed by atoms with Crippen LogP contribution in [-0.2, 0) is 0 Å². The summed E-state index contributed by atoms with van der Waals surface area (Å²) in [6.07, 6.45) is 1.27. The van der Waals surface area contributed by atoms with Gasteiger partial charge in [-0.25, -0.2) is 9.37 Å². The van der Waals surface area contributed by atoms with Gasteiger partial charge in [0.1, 0.15) is 11.8 Å². The van der Waals surface area contributed by atoms with E-state index in [4.69, 9.17) is 11.6 Å². The molecule has 1 fully saturated rings. The number of halogens is 2. The largest absolute Gasteiger partial charge is 0.365 e. The first kappa shape index (κ1) is 11.1. The van der Waals surface area contributed by atoms with Crippen molar-refractivity contribution in [3.05, 3.63) is 41.6 Å². The maximum atomic E-state index is 12.9. The first-order valence-corrected chi connectivity index (χ1v) is 6.55. The number of hydrogen-bond acceptors (Lipinski definition) is 2. The van der Waals surface area contributed by atoms with Gasteiger partial charge in [-0.1, -0.05) is 11.6 Å². The van der Waals surface area contributed by atoms with Gasteiger partial charge in [-0.3, -0.25) is 4.40 Å². The first-order chi connectivity index (χ1) is 9.20. The van der Waals surface area contributed by atoms with E-state index < -0.39 is 6.17 Å². The van der Waals surface area contributed by atoms with Crippen LogP contribution in [0.3, 0.4) is 0 Å². The molecule has 1 aromatic carbocycles. The molecule has 1 saturated heterocycles. The van der Waals surface area contributed by atoms with Crippen LogP contribution in [0.1, 0.15) is 0 Å². The SMILES string of the molecule is FC1CN(c2ccn3c(c2)nc2cc(Cl)ccc23)C1. The normalized spacial score (nSPS) is 16.2. The predicted molar refractivity (Wildman–Crippen MR) is 74.8 cm³/mol. The Morgan fingerprint density at radius 3 is 2.84 bits per heavy atom. The van der Waals surface area contributed by atoms with E-state index in [0.717, 1.165) is 22.4 Å². The van der Waals surface area contributed by atoms with Gasteiger partial charge in [0.05, 0.1) is 24.1 Å². The third-order valence-corrected chi connectivity index (χ3v) is 3.79. The van der Waals surface area contributed by atoms with Crippen LogP contribution in [0.2, 0.25) is 5.02 Å². The number of aromatic nitrogens is 2. The van der Waals surface area contributed by atoms with E-state index in [9.17, 15) is 4.39 Å². The van der Waals surface area contributed by atoms with Gasteiger partial charge in [0, 0.05) is 23.0 Å². The molecular weight excluding hydrogens is 265 g/mol. The van der Waals surface area contributed by atoms with Gasteiger partial charge in [-0.05, 0) is 24.3 Å². The van der Waals surface area contributed by atoms with E-state index in [1.165, 1.54) is 0 Å². The number of rotatable bonds is 1. The highest BCUT2D eigenvalue weighted by Gasteiger charge is 2.26. The van der Waals surface area contributed by atoms with Crippen molar-refractivity contribution in [1.29, 1.82) is 0 Å². The highest BCUT2D eigenvalue weighted by atomic mass is 35.5. The smallest absolute Gasteiger partial charge is 0.139 e. The second-order valence-corrected chi connectivity index (χ2v) is 5.30. The van der Waals surface area contributed by atoms with E-state index in [-0.39, 0.29) is 0 Å². The number of benzene rings is 1. The third kappa shape index (κ3) is 1.67. The molecule has 1 aliphatic heterocycles. The van der Waals surface area contributed by atoms with Crippen LogP contribution < -0.4 is 4.90 Å². The number of nitrogens with zero attached hydrogens (tertiary/aromatic N) is 3. The van der Waals surface area contributed by atoms with Crippen molar-refractivity contribution < 1.29 is 4.39 Å². The molecule has 2 aromatic heterocycles. The fourth-order valence-corrected chi connectivity index (χ4v) is 2.68. The molecule has 5 heteroatoms. The molecule has 0 radical (unpaired) electrons. The molecule has 4 rings (SSSR count). The van der Waals surface area contributed by atoms with Crippen molar-refractivity contribution in [1.82, 2.24) is 9.38 Å². The Morgan fingerprint density at radius 1 is 1.21 bits per heavy atom. The summed E-state index contributed by atoms with van der Waals surface area (Å²) in [4.78, 5) is 6.57. The number of hydrogen-bond donors (Lipinski definition) is 0. The fraction of sp³-hybridized carbons (Fsp3) is 0.214. The Bertz CT molecular complexity index is 777. The van der Waals surface area contributed by atoms with Crippen molar-refractivity contribution in [3.8, 4) is 0 Å². The van der Waals surface area contributed by atoms with E-state index in [1.54, 1.807) is 0 Å². The van der Waals surface area contributed by atoms with E-state index in [2.05, 4.69) is 4.98 Å². The molecule has 3 nitrogen and oxygen atoms in total. The van der Waals surface area contributed by atoms with Crippen LogP contribution in [0, 0.1) is 0 Å². The van der Waals surface area contributed by atoms with Gasteiger partial charge in [0.2, 0.25) is 0 Å². The molecule has 3 heterocycles. The molecule has 3 aromatic rings. The average Bonchev–Trinajstić information content (AvgIpc) is 2.71. The van der Waals surface area contributed by atoms with Crippen molar-refractivity contribution in [2.45, 2.75) is 6.17 Å². The van der Waals surface area contributed by atoms with Crippen molar-refractivity contribution in [3.63, 3.8) is 0 Å². The lowest BCUT2D eigenvalue weighted by Gasteiger charge is -2.36. The third-order valence-electron chi connectivity index (χ3n) is 3.55. The number of pyridine rings is 1. The monoisotopic (exact) mass is 275 g/mol. The summed E-state index contributed by atoms with van der Waals surface area (Å²) in [7, 11) is 0. The second kappa shape index (κ2) is 3.84. The highest BCUT2D eigenvalue weighted by molar-refractivity contribution is 6.31. The Kier molecular flexibility index (Phi) is 2.23. The Balaban J connectivity index is 1.87. The minimum Gasteiger partial charge on any atom is -0.365 e. The van der Waals surface area contributed by atoms with Crippen LogP contribution >= 0.6 is 11.6 Å². The molecule has 1 aliphatic rings. The molecule has 0 atom stereocenters. The Labute approximate surface area is 114 Å². The number of imidazole rings is 1. The van der Waals surface area contributed by atoms with Gasteiger partial charge in [-0.2, -0.15) is 0 Å². The summed E-state index contributed by atoms with van der Waals surface area (Å²) in [6, 6.07) is 9.65. The second-order valence-electron chi connectivity index (χ2n) is 4.86. The van der Waals surface area contributed by atoms with Gasteiger partial charge in [-0.15, -0.1) is 0 Å². The summed E-state index contributed by atoms with van der Waals surface area (Å²) in [5, 5.41) is 0.680. The summed E-state index contributed by atoms with van der Waals surface area (Å²) < 4.78 is 14.9. The lowest BCUT2D eigenvalue weighted by atomic mass is 10.1. The standard InChI is InChI=1S/C14H11ClFN3/c15-9-1-2-13-12(5-9)17-14-6-11(3-4-19(13)14)18-7-10(16)8-18/h1-6,10H,7-8H2. The summed E-state index contributed by atoms with van der Waals surface area (Å²) >= 11 is 5.98. The number of alkyl halides is 1. The average molecular weight is 276 g/mol. The molecule has 0 N–H and O–H groups in total. The summed E-state index contributed by atoms with van der Waals surface area (Å²) in [5.74, 6) is 0. The number of fused-ring (bicyclic) bond motifs is 3. The molecule has 0 amide bonds. The van der Waals surface area contributed by atoms with E-state index in [0.29, 0.717) is 18.1 Å². The zero-order valence-electron chi connectivity index (χ0n) is 10.1. The molecule has 19 heavy (non-hydrogen) atoms. The molecule has 0 spiro atoms. The van der Waals surface area contributed by atoms with Crippen LogP contribution in [0.4, 0.5) is 10.1 Å². The van der Waals surface area contributed by atoms with Crippen molar-refractivity contribution in [2.75, 3.05) is 18.0 Å². The van der Waals surface area contributed by atoms with Crippen LogP contribution in [0.25, 0.3) is 16.7 Å². The molecular formula is C14H11ClFN3. The minimum atomic E-state index is -0.700. The van der Waals surface area contributed by atoms with Crippen molar-refractivity contribution >= 4 is 34.0 Å². The maximum absolute atomic E-state index is 12.9. The quantitative estimate of drug-likeness (QED) is 0.679. The van der Waals surface area contributed by atoms with Gasteiger partial charge < -0.3 is 4.90 Å². The predicted octanol–water partition coefficient (Wildman–Crippen LogP) is 3.30. The van der Waals surface area contributed by atoms with Crippen LogP contribution in [-0.4, -0.2) is 28.6 Å². The molecule has 96 valence electrons. The molecule has 0 aliphatic carbocycles. The Morgan fingerprint density at radius 2 is 2.05 bits per heavy atom. The van der Waals surface area contributed by atoms with Gasteiger partial charge in [0.15, 0.2) is 0 Å². The topological polar surface area (TPSA) is 20.5 Å². The lowest BCUT2D eigenvalue weighted by molar-refractivity contribution is 0.275. The van der Waals surface area contributed by atoms with E-state index in [1.807, 2.05) is 45.8 Å². The molecule has 0 unspecified atom stereocenters. The lowest BCUT2D eigenvalue weighted by Crippen LogP contribution is -2.48. The Hall–Kier alpha value is -1.81. The highest BCUT2D eigenvalue weighted by Crippen LogP contribution is 2.26. The minimum absolute atomic E-state index is 0.474. The summed E-state index contributed by atoms with van der Waals surface area (Å²) in [6.45, 7) is 0.949. The van der Waals surface area contributed by atoms with Crippen LogP contribution in [0.5, 0.6) is 0 Å². The van der Waals surface area contributed by atoms with Crippen molar-refractivity contribution in [2.24, 2.45) is 0 Å². The summed E-state index contributed by atoms with van der Waals surface area (Å²) in [5.41, 5.74) is 3.77. The molecule has 0 bridgehead atoms. The fourth-order valence-electron chi connectivity index (χ4n) is 2.51. The van der Waals surface area contributed by atoms with E-state index >= 15 is 0 Å². The number of anilines is 1. The zero-order chi connectivity index (χ0) is 13.0.